The lowest BCUT2D eigenvalue weighted by atomic mass is 10.3. The maximum atomic E-state index is 12.0. The topological polar surface area (TPSA) is 69.7 Å². The van der Waals surface area contributed by atoms with Gasteiger partial charge in [0.1, 0.15) is 31.8 Å². The standard InChI is InChI=1S/C17H15ClN2O4/c18-14-8-13(20-17(21)16-11-22-6-7-23-16)3-4-15(14)24-10-12-2-1-5-19-9-12/h1-5,8-9,11H,6-7,10H2,(H,20,21). The zero-order chi connectivity index (χ0) is 16.8. The number of amides is 1. The first-order valence-electron chi connectivity index (χ1n) is 7.29. The summed E-state index contributed by atoms with van der Waals surface area (Å²) in [7, 11) is 0. The number of nitrogens with one attached hydrogen (secondary N) is 1. The third-order valence-corrected chi connectivity index (χ3v) is 3.48. The van der Waals surface area contributed by atoms with Crippen molar-refractivity contribution in [1.82, 2.24) is 4.98 Å². The molecule has 24 heavy (non-hydrogen) atoms. The molecular formula is C17H15ClN2O4. The molecule has 0 aliphatic carbocycles. The Morgan fingerprint density at radius 3 is 2.96 bits per heavy atom. The molecular weight excluding hydrogens is 332 g/mol. The second-order valence-corrected chi connectivity index (χ2v) is 5.36. The maximum Gasteiger partial charge on any atom is 0.294 e. The van der Waals surface area contributed by atoms with Crippen LogP contribution in [0.25, 0.3) is 0 Å². The molecule has 2 heterocycles. The zero-order valence-electron chi connectivity index (χ0n) is 12.7. The smallest absolute Gasteiger partial charge is 0.294 e. The number of aromatic nitrogens is 1. The molecule has 0 saturated heterocycles. The van der Waals surface area contributed by atoms with Crippen LogP contribution in [0.3, 0.4) is 0 Å². The molecule has 1 amide bonds. The van der Waals surface area contributed by atoms with Crippen LogP contribution in [0, 0.1) is 0 Å². The molecule has 0 fully saturated rings. The minimum Gasteiger partial charge on any atom is -0.494 e. The van der Waals surface area contributed by atoms with Crippen LogP contribution in [-0.4, -0.2) is 24.1 Å². The number of anilines is 1. The monoisotopic (exact) mass is 346 g/mol. The molecule has 0 atom stereocenters. The van der Waals surface area contributed by atoms with Crippen LogP contribution in [0.1, 0.15) is 5.56 Å². The summed E-state index contributed by atoms with van der Waals surface area (Å²) in [6, 6.07) is 8.76. The quantitative estimate of drug-likeness (QED) is 0.900. The van der Waals surface area contributed by atoms with E-state index < -0.39 is 5.91 Å². The molecule has 1 aliphatic heterocycles. The van der Waals surface area contributed by atoms with Gasteiger partial charge in [0.25, 0.3) is 5.91 Å². The Morgan fingerprint density at radius 1 is 1.33 bits per heavy atom. The highest BCUT2D eigenvalue weighted by molar-refractivity contribution is 6.32. The SMILES string of the molecule is O=C(Nc1ccc(OCc2cccnc2)c(Cl)c1)C1=COCCO1. The van der Waals surface area contributed by atoms with E-state index in [1.54, 1.807) is 30.6 Å². The zero-order valence-corrected chi connectivity index (χ0v) is 13.5. The number of rotatable bonds is 5. The first-order valence-corrected chi connectivity index (χ1v) is 7.67. The molecule has 2 aromatic rings. The van der Waals surface area contributed by atoms with Crippen LogP contribution < -0.4 is 10.1 Å². The average Bonchev–Trinajstić information content (AvgIpc) is 2.62. The van der Waals surface area contributed by atoms with Crippen molar-refractivity contribution in [2.75, 3.05) is 18.5 Å². The van der Waals surface area contributed by atoms with E-state index in [1.807, 2.05) is 12.1 Å². The molecule has 7 heteroatoms. The van der Waals surface area contributed by atoms with Gasteiger partial charge in [0.2, 0.25) is 5.76 Å². The molecule has 0 spiro atoms. The first kappa shape index (κ1) is 16.1. The van der Waals surface area contributed by atoms with E-state index in [9.17, 15) is 4.79 Å². The molecule has 1 aromatic carbocycles. The fourth-order valence-electron chi connectivity index (χ4n) is 2.02. The molecule has 0 bridgehead atoms. The van der Waals surface area contributed by atoms with E-state index in [2.05, 4.69) is 10.3 Å². The van der Waals surface area contributed by atoms with Crippen molar-refractivity contribution >= 4 is 23.2 Å². The number of pyridine rings is 1. The van der Waals surface area contributed by atoms with Gasteiger partial charge in [-0.15, -0.1) is 0 Å². The fourth-order valence-corrected chi connectivity index (χ4v) is 2.26. The van der Waals surface area contributed by atoms with E-state index in [1.165, 1.54) is 6.26 Å². The Balaban J connectivity index is 1.62. The average molecular weight is 347 g/mol. The highest BCUT2D eigenvalue weighted by atomic mass is 35.5. The van der Waals surface area contributed by atoms with E-state index in [4.69, 9.17) is 25.8 Å². The molecule has 0 radical (unpaired) electrons. The van der Waals surface area contributed by atoms with Crippen molar-refractivity contribution in [3.8, 4) is 5.75 Å². The predicted octanol–water partition coefficient (Wildman–Crippen LogP) is 3.14. The van der Waals surface area contributed by atoms with E-state index in [0.717, 1.165) is 5.56 Å². The molecule has 1 aromatic heterocycles. The van der Waals surface area contributed by atoms with Gasteiger partial charge in [-0.25, -0.2) is 0 Å². The number of ether oxygens (including phenoxy) is 3. The highest BCUT2D eigenvalue weighted by Crippen LogP contribution is 2.28. The molecule has 1 N–H and O–H groups in total. The van der Waals surface area contributed by atoms with Gasteiger partial charge in [-0.1, -0.05) is 17.7 Å². The number of halogens is 1. The Labute approximate surface area is 144 Å². The largest absolute Gasteiger partial charge is 0.494 e. The Bertz CT molecular complexity index is 750. The summed E-state index contributed by atoms with van der Waals surface area (Å²) in [6.45, 7) is 1.14. The third-order valence-electron chi connectivity index (χ3n) is 3.18. The van der Waals surface area contributed by atoms with Gasteiger partial charge in [-0.05, 0) is 24.3 Å². The van der Waals surface area contributed by atoms with Crippen molar-refractivity contribution in [2.24, 2.45) is 0 Å². The van der Waals surface area contributed by atoms with Gasteiger partial charge in [0.05, 0.1) is 5.02 Å². The number of carbonyl (C=O) groups is 1. The van der Waals surface area contributed by atoms with Gasteiger partial charge in [0, 0.05) is 23.6 Å². The summed E-state index contributed by atoms with van der Waals surface area (Å²) >= 11 is 6.20. The van der Waals surface area contributed by atoms with Gasteiger partial charge in [-0.3, -0.25) is 9.78 Å². The molecule has 0 unspecified atom stereocenters. The van der Waals surface area contributed by atoms with Crippen LogP contribution in [-0.2, 0) is 20.9 Å². The van der Waals surface area contributed by atoms with E-state index >= 15 is 0 Å². The predicted molar refractivity (Wildman–Crippen MR) is 88.6 cm³/mol. The van der Waals surface area contributed by atoms with Gasteiger partial charge < -0.3 is 19.5 Å². The number of carbonyl (C=O) groups excluding carboxylic acids is 1. The molecule has 1 aliphatic rings. The third kappa shape index (κ3) is 4.17. The summed E-state index contributed by atoms with van der Waals surface area (Å²) in [5.74, 6) is 0.263. The molecule has 124 valence electrons. The minimum atomic E-state index is -0.394. The van der Waals surface area contributed by atoms with Crippen LogP contribution in [0.5, 0.6) is 5.75 Å². The normalized spacial score (nSPS) is 13.3. The minimum absolute atomic E-state index is 0.134. The van der Waals surface area contributed by atoms with Crippen molar-refractivity contribution < 1.29 is 19.0 Å². The second kappa shape index (κ2) is 7.70. The first-order chi connectivity index (χ1) is 11.7. The van der Waals surface area contributed by atoms with Crippen molar-refractivity contribution in [3.63, 3.8) is 0 Å². The van der Waals surface area contributed by atoms with Crippen molar-refractivity contribution in [1.29, 1.82) is 0 Å². The highest BCUT2D eigenvalue weighted by Gasteiger charge is 2.15. The fraction of sp³-hybridized carbons (Fsp3) is 0.176. The second-order valence-electron chi connectivity index (χ2n) is 4.95. The lowest BCUT2D eigenvalue weighted by Crippen LogP contribution is -2.21. The summed E-state index contributed by atoms with van der Waals surface area (Å²) in [5.41, 5.74) is 1.47. The number of benzene rings is 1. The van der Waals surface area contributed by atoms with Gasteiger partial charge in [0.15, 0.2) is 0 Å². The summed E-state index contributed by atoms with van der Waals surface area (Å²) in [4.78, 5) is 16.0. The van der Waals surface area contributed by atoms with Gasteiger partial charge in [-0.2, -0.15) is 0 Å². The van der Waals surface area contributed by atoms with E-state index in [-0.39, 0.29) is 5.76 Å². The summed E-state index contributed by atoms with van der Waals surface area (Å²) < 4.78 is 15.9. The Hall–Kier alpha value is -2.73. The summed E-state index contributed by atoms with van der Waals surface area (Å²) in [5, 5.41) is 3.09. The Morgan fingerprint density at radius 2 is 2.25 bits per heavy atom. The molecule has 3 rings (SSSR count). The van der Waals surface area contributed by atoms with Gasteiger partial charge >= 0.3 is 0 Å². The number of hydrogen-bond acceptors (Lipinski definition) is 5. The lowest BCUT2D eigenvalue weighted by molar-refractivity contribution is -0.117. The number of hydrogen-bond donors (Lipinski definition) is 1. The maximum absolute atomic E-state index is 12.0. The van der Waals surface area contributed by atoms with Crippen molar-refractivity contribution in [2.45, 2.75) is 6.61 Å². The van der Waals surface area contributed by atoms with E-state index in [0.29, 0.717) is 36.3 Å². The lowest BCUT2D eigenvalue weighted by Gasteiger charge is -2.15. The van der Waals surface area contributed by atoms with Crippen LogP contribution in [0.15, 0.2) is 54.7 Å². The van der Waals surface area contributed by atoms with Crippen LogP contribution in [0.2, 0.25) is 5.02 Å². The Kier molecular flexibility index (Phi) is 5.18. The van der Waals surface area contributed by atoms with Crippen LogP contribution in [0.4, 0.5) is 5.69 Å². The van der Waals surface area contributed by atoms with Crippen molar-refractivity contribution in [3.05, 3.63) is 65.3 Å². The van der Waals surface area contributed by atoms with Crippen LogP contribution >= 0.6 is 11.6 Å². The molecule has 0 saturated carbocycles. The number of nitrogens with zero attached hydrogens (tertiary/aromatic N) is 1. The summed E-state index contributed by atoms with van der Waals surface area (Å²) in [6.07, 6.45) is 4.72. The molecule has 6 nitrogen and oxygen atoms in total.